The van der Waals surface area contributed by atoms with Crippen LogP contribution in [0.3, 0.4) is 0 Å². The quantitative estimate of drug-likeness (QED) is 0.759. The molecule has 0 aliphatic heterocycles. The number of carbonyl (C=O) groups is 2. The third-order valence-electron chi connectivity index (χ3n) is 2.89. The number of benzene rings is 1. The largest absolute Gasteiger partial charge is 0.478 e. The van der Waals surface area contributed by atoms with Gasteiger partial charge in [0.1, 0.15) is 0 Å². The molecule has 1 amide bonds. The lowest BCUT2D eigenvalue weighted by Crippen LogP contribution is -2.28. The van der Waals surface area contributed by atoms with E-state index >= 15 is 0 Å². The van der Waals surface area contributed by atoms with Crippen molar-refractivity contribution in [3.63, 3.8) is 0 Å². The molecule has 0 bridgehead atoms. The number of ether oxygens (including phenoxy) is 1. The van der Waals surface area contributed by atoms with Crippen LogP contribution in [0, 0.1) is 5.92 Å². The Hall–Kier alpha value is -1.88. The Kier molecular flexibility index (Phi) is 6.73. The van der Waals surface area contributed by atoms with Crippen molar-refractivity contribution in [2.75, 3.05) is 20.3 Å². The van der Waals surface area contributed by atoms with E-state index < -0.39 is 5.97 Å². The first-order valence-electron chi connectivity index (χ1n) is 6.60. The van der Waals surface area contributed by atoms with Crippen molar-refractivity contribution < 1.29 is 19.4 Å². The molecule has 20 heavy (non-hydrogen) atoms. The van der Waals surface area contributed by atoms with Crippen molar-refractivity contribution in [3.05, 3.63) is 35.4 Å². The van der Waals surface area contributed by atoms with Crippen molar-refractivity contribution in [1.29, 1.82) is 0 Å². The van der Waals surface area contributed by atoms with Gasteiger partial charge in [0, 0.05) is 26.7 Å². The van der Waals surface area contributed by atoms with Gasteiger partial charge in [0.15, 0.2) is 0 Å². The molecule has 0 aliphatic rings. The number of hydrogen-bond donors (Lipinski definition) is 2. The summed E-state index contributed by atoms with van der Waals surface area (Å²) in [5.41, 5.74) is 1.16. The zero-order valence-electron chi connectivity index (χ0n) is 11.9. The van der Waals surface area contributed by atoms with Crippen molar-refractivity contribution in [1.82, 2.24) is 5.32 Å². The van der Waals surface area contributed by atoms with Crippen LogP contribution in [0.1, 0.15) is 29.3 Å². The number of methoxy groups -OCH3 is 1. The summed E-state index contributed by atoms with van der Waals surface area (Å²) in [5.74, 6) is -0.761. The standard InChI is InChI=1S/C15H21NO4/c1-11(10-20-2)8-14(17)16-7-6-12-4-3-5-13(9-12)15(18)19/h3-5,9,11H,6-8,10H2,1-2H3,(H,16,17)(H,18,19). The average molecular weight is 279 g/mol. The summed E-state index contributed by atoms with van der Waals surface area (Å²) >= 11 is 0. The molecule has 1 atom stereocenters. The second kappa shape index (κ2) is 8.32. The lowest BCUT2D eigenvalue weighted by atomic mass is 10.1. The second-order valence-electron chi connectivity index (χ2n) is 4.87. The van der Waals surface area contributed by atoms with Gasteiger partial charge >= 0.3 is 5.97 Å². The maximum Gasteiger partial charge on any atom is 0.335 e. The first-order chi connectivity index (χ1) is 9.52. The van der Waals surface area contributed by atoms with Gasteiger partial charge in [-0.25, -0.2) is 4.79 Å². The Morgan fingerprint density at radius 2 is 2.15 bits per heavy atom. The highest BCUT2D eigenvalue weighted by Gasteiger charge is 2.08. The van der Waals surface area contributed by atoms with E-state index in [1.807, 2.05) is 13.0 Å². The number of rotatable bonds is 8. The van der Waals surface area contributed by atoms with Crippen LogP contribution in [0.15, 0.2) is 24.3 Å². The number of amides is 1. The summed E-state index contributed by atoms with van der Waals surface area (Å²) in [6.45, 7) is 3.02. The minimum atomic E-state index is -0.940. The highest BCUT2D eigenvalue weighted by molar-refractivity contribution is 5.87. The monoisotopic (exact) mass is 279 g/mol. The zero-order valence-corrected chi connectivity index (χ0v) is 11.9. The first kappa shape index (κ1) is 16.2. The lowest BCUT2D eigenvalue weighted by Gasteiger charge is -2.10. The van der Waals surface area contributed by atoms with Crippen LogP contribution in [-0.2, 0) is 16.0 Å². The summed E-state index contributed by atoms with van der Waals surface area (Å²) < 4.78 is 4.98. The van der Waals surface area contributed by atoms with E-state index in [1.165, 1.54) is 0 Å². The molecule has 5 nitrogen and oxygen atoms in total. The average Bonchev–Trinajstić information content (AvgIpc) is 2.39. The van der Waals surface area contributed by atoms with Gasteiger partial charge in [-0.3, -0.25) is 4.79 Å². The second-order valence-corrected chi connectivity index (χ2v) is 4.87. The van der Waals surface area contributed by atoms with Crippen LogP contribution >= 0.6 is 0 Å². The molecular formula is C15H21NO4. The summed E-state index contributed by atoms with van der Waals surface area (Å²) in [5, 5.41) is 11.7. The number of aromatic carboxylic acids is 1. The number of nitrogens with one attached hydrogen (secondary N) is 1. The summed E-state index contributed by atoms with van der Waals surface area (Å²) in [7, 11) is 1.61. The van der Waals surface area contributed by atoms with Gasteiger partial charge in [0.25, 0.3) is 0 Å². The van der Waals surface area contributed by atoms with Crippen LogP contribution in [0.5, 0.6) is 0 Å². The van der Waals surface area contributed by atoms with Gasteiger partial charge in [-0.1, -0.05) is 19.1 Å². The summed E-state index contributed by atoms with van der Waals surface area (Å²) in [6.07, 6.45) is 1.05. The number of carboxylic acids is 1. The van der Waals surface area contributed by atoms with E-state index in [1.54, 1.807) is 25.3 Å². The van der Waals surface area contributed by atoms with Crippen LogP contribution in [0.2, 0.25) is 0 Å². The van der Waals surface area contributed by atoms with Gasteiger partial charge in [-0.15, -0.1) is 0 Å². The molecule has 1 rings (SSSR count). The van der Waals surface area contributed by atoms with Crippen LogP contribution in [-0.4, -0.2) is 37.2 Å². The van der Waals surface area contributed by atoms with E-state index in [-0.39, 0.29) is 17.4 Å². The molecule has 5 heteroatoms. The van der Waals surface area contributed by atoms with E-state index in [0.717, 1.165) is 5.56 Å². The zero-order chi connectivity index (χ0) is 15.0. The predicted molar refractivity (Wildman–Crippen MR) is 75.8 cm³/mol. The number of carboxylic acid groups (broad SMARTS) is 1. The Balaban J connectivity index is 2.35. The van der Waals surface area contributed by atoms with Crippen LogP contribution < -0.4 is 5.32 Å². The van der Waals surface area contributed by atoms with E-state index in [2.05, 4.69) is 5.32 Å². The fraction of sp³-hybridized carbons (Fsp3) is 0.467. The van der Waals surface area contributed by atoms with Crippen molar-refractivity contribution >= 4 is 11.9 Å². The molecule has 0 heterocycles. The third kappa shape index (κ3) is 5.84. The highest BCUT2D eigenvalue weighted by atomic mass is 16.5. The van der Waals surface area contributed by atoms with E-state index in [4.69, 9.17) is 9.84 Å². The van der Waals surface area contributed by atoms with Gasteiger partial charge < -0.3 is 15.2 Å². The summed E-state index contributed by atoms with van der Waals surface area (Å²) in [4.78, 5) is 22.5. The number of hydrogen-bond acceptors (Lipinski definition) is 3. The molecule has 0 radical (unpaired) electrons. The maximum atomic E-state index is 11.6. The fourth-order valence-electron chi connectivity index (χ4n) is 1.94. The molecule has 110 valence electrons. The van der Waals surface area contributed by atoms with Crippen molar-refractivity contribution in [3.8, 4) is 0 Å². The molecule has 1 aromatic carbocycles. The van der Waals surface area contributed by atoms with Crippen molar-refractivity contribution in [2.24, 2.45) is 5.92 Å². The maximum absolute atomic E-state index is 11.6. The minimum absolute atomic E-state index is 0.0102. The molecule has 1 aromatic rings. The number of carbonyl (C=O) groups excluding carboxylic acids is 1. The third-order valence-corrected chi connectivity index (χ3v) is 2.89. The van der Waals surface area contributed by atoms with Crippen LogP contribution in [0.25, 0.3) is 0 Å². The first-order valence-corrected chi connectivity index (χ1v) is 6.60. The van der Waals surface area contributed by atoms with E-state index in [0.29, 0.717) is 26.0 Å². The molecule has 0 saturated carbocycles. The Labute approximate surface area is 118 Å². The molecule has 2 N–H and O–H groups in total. The van der Waals surface area contributed by atoms with Gasteiger partial charge in [-0.05, 0) is 30.0 Å². The van der Waals surface area contributed by atoms with Crippen molar-refractivity contribution in [2.45, 2.75) is 19.8 Å². The predicted octanol–water partition coefficient (Wildman–Crippen LogP) is 1.72. The molecule has 0 saturated heterocycles. The Morgan fingerprint density at radius 3 is 2.80 bits per heavy atom. The fourth-order valence-corrected chi connectivity index (χ4v) is 1.94. The molecule has 1 unspecified atom stereocenters. The highest BCUT2D eigenvalue weighted by Crippen LogP contribution is 2.06. The molecular weight excluding hydrogens is 258 g/mol. The topological polar surface area (TPSA) is 75.6 Å². The van der Waals surface area contributed by atoms with Gasteiger partial charge in [0.2, 0.25) is 5.91 Å². The Bertz CT molecular complexity index is 459. The summed E-state index contributed by atoms with van der Waals surface area (Å²) in [6, 6.07) is 6.74. The van der Waals surface area contributed by atoms with Gasteiger partial charge in [-0.2, -0.15) is 0 Å². The molecule has 0 aromatic heterocycles. The normalized spacial score (nSPS) is 11.9. The molecule has 0 spiro atoms. The SMILES string of the molecule is COCC(C)CC(=O)NCCc1cccc(C(=O)O)c1. The van der Waals surface area contributed by atoms with Crippen LogP contribution in [0.4, 0.5) is 0 Å². The smallest absolute Gasteiger partial charge is 0.335 e. The minimum Gasteiger partial charge on any atom is -0.478 e. The van der Waals surface area contributed by atoms with Gasteiger partial charge in [0.05, 0.1) is 5.56 Å². The Morgan fingerprint density at radius 1 is 1.40 bits per heavy atom. The molecule has 0 aliphatic carbocycles. The van der Waals surface area contributed by atoms with E-state index in [9.17, 15) is 9.59 Å². The molecule has 0 fully saturated rings. The lowest BCUT2D eigenvalue weighted by molar-refractivity contribution is -0.122.